The summed E-state index contributed by atoms with van der Waals surface area (Å²) in [6.45, 7) is 5.87. The molecule has 0 spiro atoms. The van der Waals surface area contributed by atoms with Gasteiger partial charge in [0.15, 0.2) is 5.11 Å². The highest BCUT2D eigenvalue weighted by atomic mass is 32.1. The zero-order chi connectivity index (χ0) is 13.0. The van der Waals surface area contributed by atoms with Crippen molar-refractivity contribution in [3.05, 3.63) is 35.5 Å². The summed E-state index contributed by atoms with van der Waals surface area (Å²) < 4.78 is 0. The molecular formula is C14H19N3S. The van der Waals surface area contributed by atoms with E-state index in [4.69, 9.17) is 12.2 Å². The molecule has 0 aliphatic carbocycles. The second-order valence-corrected chi connectivity index (χ2v) is 4.81. The number of thiocarbonyl (C=S) groups is 1. The van der Waals surface area contributed by atoms with Crippen LogP contribution in [0.25, 0.3) is 10.9 Å². The summed E-state index contributed by atoms with van der Waals surface area (Å²) in [5.41, 5.74) is 3.82. The molecule has 1 heterocycles. The maximum atomic E-state index is 5.13. The zero-order valence-corrected chi connectivity index (χ0v) is 11.7. The summed E-state index contributed by atoms with van der Waals surface area (Å²) in [6, 6.07) is 6.48. The van der Waals surface area contributed by atoms with Crippen LogP contribution in [0, 0.1) is 6.92 Å². The van der Waals surface area contributed by atoms with Crippen molar-refractivity contribution >= 4 is 28.2 Å². The molecule has 2 rings (SSSR count). The Kier molecular flexibility index (Phi) is 4.20. The van der Waals surface area contributed by atoms with Crippen molar-refractivity contribution in [3.8, 4) is 0 Å². The first-order valence-corrected chi connectivity index (χ1v) is 6.70. The van der Waals surface area contributed by atoms with Crippen molar-refractivity contribution in [2.45, 2.75) is 20.3 Å². The average Bonchev–Trinajstić information content (AvgIpc) is 2.72. The molecular weight excluding hydrogens is 242 g/mol. The lowest BCUT2D eigenvalue weighted by atomic mass is 10.1. The molecule has 96 valence electrons. The Labute approximate surface area is 113 Å². The van der Waals surface area contributed by atoms with Gasteiger partial charge in [0, 0.05) is 30.2 Å². The molecule has 0 aliphatic heterocycles. The zero-order valence-electron chi connectivity index (χ0n) is 10.8. The molecule has 0 fully saturated rings. The molecule has 2 aromatic rings. The van der Waals surface area contributed by atoms with Gasteiger partial charge in [0.2, 0.25) is 0 Å². The largest absolute Gasteiger partial charge is 0.363 e. The Morgan fingerprint density at radius 3 is 2.94 bits per heavy atom. The molecule has 0 aliphatic rings. The van der Waals surface area contributed by atoms with Crippen LogP contribution in [0.1, 0.15) is 18.1 Å². The van der Waals surface area contributed by atoms with E-state index in [1.54, 1.807) is 0 Å². The molecule has 4 heteroatoms. The van der Waals surface area contributed by atoms with Gasteiger partial charge in [-0.25, -0.2) is 0 Å². The molecule has 3 N–H and O–H groups in total. The molecule has 0 radical (unpaired) electrons. The van der Waals surface area contributed by atoms with Crippen LogP contribution in [0.5, 0.6) is 0 Å². The minimum Gasteiger partial charge on any atom is -0.363 e. The van der Waals surface area contributed by atoms with E-state index >= 15 is 0 Å². The molecule has 0 atom stereocenters. The van der Waals surface area contributed by atoms with Crippen molar-refractivity contribution in [1.29, 1.82) is 0 Å². The minimum absolute atomic E-state index is 0.730. The lowest BCUT2D eigenvalue weighted by molar-refractivity contribution is 0.832. The van der Waals surface area contributed by atoms with Gasteiger partial charge in [-0.15, -0.1) is 0 Å². The van der Waals surface area contributed by atoms with Gasteiger partial charge in [-0.2, -0.15) is 0 Å². The summed E-state index contributed by atoms with van der Waals surface area (Å²) in [5, 5.41) is 8.33. The Morgan fingerprint density at radius 1 is 1.33 bits per heavy atom. The highest BCUT2D eigenvalue weighted by Crippen LogP contribution is 2.19. The van der Waals surface area contributed by atoms with E-state index in [0.29, 0.717) is 0 Å². The van der Waals surface area contributed by atoms with Crippen molar-refractivity contribution in [3.63, 3.8) is 0 Å². The average molecular weight is 261 g/mol. The Morgan fingerprint density at radius 2 is 2.17 bits per heavy atom. The lowest BCUT2D eigenvalue weighted by Gasteiger charge is -2.08. The summed E-state index contributed by atoms with van der Waals surface area (Å²) in [7, 11) is 0. The first-order valence-electron chi connectivity index (χ1n) is 6.29. The van der Waals surface area contributed by atoms with Gasteiger partial charge < -0.3 is 15.6 Å². The predicted molar refractivity (Wildman–Crippen MR) is 81.0 cm³/mol. The van der Waals surface area contributed by atoms with Crippen LogP contribution < -0.4 is 10.6 Å². The lowest BCUT2D eigenvalue weighted by Crippen LogP contribution is -2.36. The van der Waals surface area contributed by atoms with E-state index in [0.717, 1.165) is 24.6 Å². The fraction of sp³-hybridized carbons (Fsp3) is 0.357. The molecule has 0 saturated carbocycles. The predicted octanol–water partition coefficient (Wildman–Crippen LogP) is 2.50. The number of aryl methyl sites for hydroxylation is 1. The van der Waals surface area contributed by atoms with E-state index in [-0.39, 0.29) is 0 Å². The Bertz CT molecular complexity index is 545. The maximum Gasteiger partial charge on any atom is 0.166 e. The van der Waals surface area contributed by atoms with E-state index in [9.17, 15) is 0 Å². The quantitative estimate of drug-likeness (QED) is 0.741. The van der Waals surface area contributed by atoms with Gasteiger partial charge in [-0.05, 0) is 50.2 Å². The number of hydrogen-bond donors (Lipinski definition) is 3. The molecule has 0 amide bonds. The number of aromatic amines is 1. The van der Waals surface area contributed by atoms with Gasteiger partial charge in [-0.3, -0.25) is 0 Å². The molecule has 1 aromatic heterocycles. The van der Waals surface area contributed by atoms with E-state index in [1.807, 2.05) is 6.92 Å². The van der Waals surface area contributed by atoms with Crippen molar-refractivity contribution in [2.75, 3.05) is 13.1 Å². The van der Waals surface area contributed by atoms with Crippen molar-refractivity contribution < 1.29 is 0 Å². The summed E-state index contributed by atoms with van der Waals surface area (Å²) in [6.07, 6.45) is 3.05. The number of rotatable bonds is 4. The number of H-pyrrole nitrogens is 1. The van der Waals surface area contributed by atoms with Crippen LogP contribution in [-0.2, 0) is 6.42 Å². The number of fused-ring (bicyclic) bond motifs is 1. The van der Waals surface area contributed by atoms with Crippen molar-refractivity contribution in [1.82, 2.24) is 15.6 Å². The number of aromatic nitrogens is 1. The van der Waals surface area contributed by atoms with Crippen molar-refractivity contribution in [2.24, 2.45) is 0 Å². The van der Waals surface area contributed by atoms with Gasteiger partial charge in [-0.1, -0.05) is 11.6 Å². The number of nitrogens with one attached hydrogen (secondary N) is 3. The molecule has 0 saturated heterocycles. The standard InChI is InChI=1S/C14H19N3S/c1-3-15-14(18)16-7-6-11-9-17-13-5-4-10(2)8-12(11)13/h4-5,8-9,17H,3,6-7H2,1-2H3,(H2,15,16,18). The summed E-state index contributed by atoms with van der Waals surface area (Å²) in [4.78, 5) is 3.30. The summed E-state index contributed by atoms with van der Waals surface area (Å²) in [5.74, 6) is 0. The van der Waals surface area contributed by atoms with Gasteiger partial charge in [0.05, 0.1) is 0 Å². The van der Waals surface area contributed by atoms with Crippen LogP contribution >= 0.6 is 12.2 Å². The van der Waals surface area contributed by atoms with Gasteiger partial charge >= 0.3 is 0 Å². The first-order chi connectivity index (χ1) is 8.70. The Balaban J connectivity index is 1.99. The maximum absolute atomic E-state index is 5.13. The fourth-order valence-corrected chi connectivity index (χ4v) is 2.28. The normalized spacial score (nSPS) is 10.6. The fourth-order valence-electron chi connectivity index (χ4n) is 2.03. The molecule has 3 nitrogen and oxygen atoms in total. The van der Waals surface area contributed by atoms with Crippen LogP contribution in [0.2, 0.25) is 0 Å². The van der Waals surface area contributed by atoms with Gasteiger partial charge in [0.25, 0.3) is 0 Å². The second kappa shape index (κ2) is 5.87. The monoisotopic (exact) mass is 261 g/mol. The van der Waals surface area contributed by atoms with Crippen LogP contribution in [0.4, 0.5) is 0 Å². The third-order valence-electron chi connectivity index (χ3n) is 2.94. The smallest absolute Gasteiger partial charge is 0.166 e. The summed E-state index contributed by atoms with van der Waals surface area (Å²) >= 11 is 5.13. The van der Waals surface area contributed by atoms with Crippen LogP contribution in [-0.4, -0.2) is 23.2 Å². The minimum atomic E-state index is 0.730. The van der Waals surface area contributed by atoms with E-state index < -0.39 is 0 Å². The third kappa shape index (κ3) is 3.01. The van der Waals surface area contributed by atoms with Gasteiger partial charge in [0.1, 0.15) is 0 Å². The van der Waals surface area contributed by atoms with E-state index in [1.165, 1.54) is 22.0 Å². The SMILES string of the molecule is CCNC(=S)NCCc1c[nH]c2ccc(C)cc12. The second-order valence-electron chi connectivity index (χ2n) is 4.40. The topological polar surface area (TPSA) is 39.8 Å². The molecule has 18 heavy (non-hydrogen) atoms. The van der Waals surface area contributed by atoms with Crippen LogP contribution in [0.3, 0.4) is 0 Å². The van der Waals surface area contributed by atoms with Crippen LogP contribution in [0.15, 0.2) is 24.4 Å². The Hall–Kier alpha value is -1.55. The molecule has 0 unspecified atom stereocenters. The first kappa shape index (κ1) is 12.9. The number of hydrogen-bond acceptors (Lipinski definition) is 1. The highest BCUT2D eigenvalue weighted by Gasteiger charge is 2.03. The third-order valence-corrected chi connectivity index (χ3v) is 3.23. The van der Waals surface area contributed by atoms with E-state index in [2.05, 4.69) is 46.9 Å². The number of benzene rings is 1. The molecule has 0 bridgehead atoms. The molecule has 1 aromatic carbocycles. The highest BCUT2D eigenvalue weighted by molar-refractivity contribution is 7.80.